The average Bonchev–Trinajstić information content (AvgIpc) is 2.59. The van der Waals surface area contributed by atoms with Crippen LogP contribution < -0.4 is 25.0 Å². The van der Waals surface area contributed by atoms with Gasteiger partial charge in [-0.25, -0.2) is 0 Å². The first-order chi connectivity index (χ1) is 12.5. The zero-order valence-electron chi connectivity index (χ0n) is 15.3. The summed E-state index contributed by atoms with van der Waals surface area (Å²) in [6, 6.07) is 12.8. The summed E-state index contributed by atoms with van der Waals surface area (Å²) in [5.74, 6) is 2.15. The molecule has 0 unspecified atom stereocenters. The summed E-state index contributed by atoms with van der Waals surface area (Å²) in [4.78, 5) is 1.35. The van der Waals surface area contributed by atoms with Crippen molar-refractivity contribution in [1.29, 1.82) is 0 Å². The number of hydrogen-bond acceptors (Lipinski definition) is 3. The van der Waals surface area contributed by atoms with Gasteiger partial charge >= 0.3 is 0 Å². The number of quaternary nitrogens is 1. The van der Waals surface area contributed by atoms with Crippen LogP contribution in [0.1, 0.15) is 6.92 Å². The number of ether oxygens (including phenoxy) is 2. The van der Waals surface area contributed by atoms with Crippen molar-refractivity contribution in [3.63, 3.8) is 0 Å². The van der Waals surface area contributed by atoms with Gasteiger partial charge in [0.05, 0.1) is 39.5 Å². The smallest absolute Gasteiger partial charge is 0.171 e. The van der Waals surface area contributed by atoms with Gasteiger partial charge < -0.3 is 25.0 Å². The van der Waals surface area contributed by atoms with Gasteiger partial charge in [-0.05, 0) is 61.6 Å². The molecule has 0 bridgehead atoms. The van der Waals surface area contributed by atoms with Gasteiger partial charge in [0.25, 0.3) is 0 Å². The van der Waals surface area contributed by atoms with Crippen LogP contribution in [0.4, 0.5) is 5.69 Å². The van der Waals surface area contributed by atoms with Gasteiger partial charge in [-0.3, -0.25) is 0 Å². The molecule has 0 fully saturated rings. The average molecular weight is 395 g/mol. The van der Waals surface area contributed by atoms with Crippen LogP contribution >= 0.6 is 23.8 Å². The second kappa shape index (κ2) is 10.2. The van der Waals surface area contributed by atoms with Crippen molar-refractivity contribution in [3.8, 4) is 17.2 Å². The second-order valence-corrected chi connectivity index (χ2v) is 6.83. The molecule has 3 N–H and O–H groups in total. The molecule has 0 saturated carbocycles. The highest BCUT2D eigenvalue weighted by Gasteiger charge is 2.09. The molecule has 2 aromatic rings. The van der Waals surface area contributed by atoms with E-state index in [2.05, 4.69) is 24.7 Å². The molecule has 0 amide bonds. The predicted octanol–water partition coefficient (Wildman–Crippen LogP) is 2.96. The second-order valence-electron chi connectivity index (χ2n) is 5.98. The third kappa shape index (κ3) is 6.71. The van der Waals surface area contributed by atoms with E-state index in [1.54, 1.807) is 12.1 Å². The van der Waals surface area contributed by atoms with E-state index in [4.69, 9.17) is 33.3 Å². The molecule has 0 heterocycles. The number of nitrogens with one attached hydrogen (secondary N) is 3. The number of halogens is 1. The Morgan fingerprint density at radius 3 is 2.46 bits per heavy atom. The highest BCUT2D eigenvalue weighted by atomic mass is 35.5. The molecule has 7 heteroatoms. The van der Waals surface area contributed by atoms with E-state index in [0.717, 1.165) is 18.8 Å². The molecular formula is C19H25ClN3O2S+. The summed E-state index contributed by atoms with van der Waals surface area (Å²) in [7, 11) is 4.19. The molecule has 0 spiro atoms. The number of anilines is 1. The summed E-state index contributed by atoms with van der Waals surface area (Å²) in [5, 5.41) is 7.47. The zero-order valence-corrected chi connectivity index (χ0v) is 16.8. The van der Waals surface area contributed by atoms with Crippen LogP contribution in [0.15, 0.2) is 42.5 Å². The van der Waals surface area contributed by atoms with E-state index in [1.807, 2.05) is 37.3 Å². The molecule has 0 aliphatic rings. The van der Waals surface area contributed by atoms with Crippen molar-refractivity contribution in [3.05, 3.63) is 47.5 Å². The predicted molar refractivity (Wildman–Crippen MR) is 111 cm³/mol. The molecular weight excluding hydrogens is 370 g/mol. The van der Waals surface area contributed by atoms with Gasteiger partial charge in [0, 0.05) is 5.02 Å². The summed E-state index contributed by atoms with van der Waals surface area (Å²) in [5.41, 5.74) is 0.709. The highest BCUT2D eigenvalue weighted by molar-refractivity contribution is 7.80. The molecule has 0 radical (unpaired) electrons. The first-order valence-electron chi connectivity index (χ1n) is 8.52. The van der Waals surface area contributed by atoms with E-state index in [1.165, 1.54) is 4.90 Å². The lowest BCUT2D eigenvalue weighted by Gasteiger charge is -2.16. The third-order valence-corrected chi connectivity index (χ3v) is 3.94. The van der Waals surface area contributed by atoms with Crippen LogP contribution in [0.25, 0.3) is 0 Å². The van der Waals surface area contributed by atoms with Crippen LogP contribution in [0.3, 0.4) is 0 Å². The monoisotopic (exact) mass is 394 g/mol. The van der Waals surface area contributed by atoms with Crippen LogP contribution in [-0.4, -0.2) is 38.9 Å². The molecule has 0 aliphatic heterocycles. The Hall–Kier alpha value is -2.02. The SMILES string of the molecule is CCOc1ccc(Oc2ccc(Cl)cc2NC(=S)NCC[NH+](C)C)cc1. The molecule has 140 valence electrons. The summed E-state index contributed by atoms with van der Waals surface area (Å²) in [6.45, 7) is 4.33. The third-order valence-electron chi connectivity index (χ3n) is 3.46. The fraction of sp³-hybridized carbons (Fsp3) is 0.316. The van der Waals surface area contributed by atoms with Gasteiger partial charge in [0.2, 0.25) is 0 Å². The van der Waals surface area contributed by atoms with E-state index < -0.39 is 0 Å². The molecule has 0 saturated heterocycles. The van der Waals surface area contributed by atoms with Crippen molar-refractivity contribution < 1.29 is 14.4 Å². The normalized spacial score (nSPS) is 10.5. The fourth-order valence-corrected chi connectivity index (χ4v) is 2.56. The molecule has 26 heavy (non-hydrogen) atoms. The number of likely N-dealkylation sites (N-methyl/N-ethyl adjacent to an activating group) is 1. The zero-order chi connectivity index (χ0) is 18.9. The first-order valence-corrected chi connectivity index (χ1v) is 9.30. The van der Waals surface area contributed by atoms with Crippen LogP contribution in [0.5, 0.6) is 17.2 Å². The number of hydrogen-bond donors (Lipinski definition) is 3. The van der Waals surface area contributed by atoms with Gasteiger partial charge in [0.1, 0.15) is 11.5 Å². The van der Waals surface area contributed by atoms with E-state index in [0.29, 0.717) is 33.9 Å². The van der Waals surface area contributed by atoms with Crippen LogP contribution in [0, 0.1) is 0 Å². The minimum Gasteiger partial charge on any atom is -0.494 e. The maximum absolute atomic E-state index is 6.13. The van der Waals surface area contributed by atoms with Gasteiger partial charge in [-0.15, -0.1) is 0 Å². The molecule has 0 atom stereocenters. The largest absolute Gasteiger partial charge is 0.494 e. The summed E-state index contributed by atoms with van der Waals surface area (Å²) >= 11 is 11.5. The summed E-state index contributed by atoms with van der Waals surface area (Å²) < 4.78 is 11.4. The molecule has 5 nitrogen and oxygen atoms in total. The Balaban J connectivity index is 2.05. The minimum atomic E-state index is 0.532. The first kappa shape index (κ1) is 20.3. The maximum Gasteiger partial charge on any atom is 0.171 e. The van der Waals surface area contributed by atoms with Crippen molar-refractivity contribution in [2.75, 3.05) is 39.1 Å². The maximum atomic E-state index is 6.13. The Morgan fingerprint density at radius 1 is 1.12 bits per heavy atom. The Kier molecular flexibility index (Phi) is 7.97. The topological polar surface area (TPSA) is 47.0 Å². The van der Waals surface area contributed by atoms with E-state index >= 15 is 0 Å². The molecule has 0 aromatic heterocycles. The lowest BCUT2D eigenvalue weighted by Crippen LogP contribution is -3.06. The number of rotatable bonds is 8. The Morgan fingerprint density at radius 2 is 1.81 bits per heavy atom. The number of thiocarbonyl (C=S) groups is 1. The van der Waals surface area contributed by atoms with Crippen molar-refractivity contribution in [2.45, 2.75) is 6.92 Å². The highest BCUT2D eigenvalue weighted by Crippen LogP contribution is 2.32. The summed E-state index contributed by atoms with van der Waals surface area (Å²) in [6.07, 6.45) is 0. The Bertz CT molecular complexity index is 723. The molecule has 2 aromatic carbocycles. The van der Waals surface area contributed by atoms with Crippen LogP contribution in [0.2, 0.25) is 5.02 Å². The number of benzene rings is 2. The quantitative estimate of drug-likeness (QED) is 0.601. The van der Waals surface area contributed by atoms with E-state index in [-0.39, 0.29) is 0 Å². The van der Waals surface area contributed by atoms with E-state index in [9.17, 15) is 0 Å². The van der Waals surface area contributed by atoms with Crippen molar-refractivity contribution in [1.82, 2.24) is 5.32 Å². The van der Waals surface area contributed by atoms with Crippen molar-refractivity contribution >= 4 is 34.6 Å². The lowest BCUT2D eigenvalue weighted by atomic mass is 10.3. The van der Waals surface area contributed by atoms with Gasteiger partial charge in [-0.1, -0.05) is 11.6 Å². The van der Waals surface area contributed by atoms with Gasteiger partial charge in [-0.2, -0.15) is 0 Å². The Labute approximate surface area is 165 Å². The van der Waals surface area contributed by atoms with Crippen molar-refractivity contribution in [2.24, 2.45) is 0 Å². The van der Waals surface area contributed by atoms with Gasteiger partial charge in [0.15, 0.2) is 10.9 Å². The molecule has 0 aliphatic carbocycles. The fourth-order valence-electron chi connectivity index (χ4n) is 2.18. The standard InChI is InChI=1S/C19H24ClN3O2S/c1-4-24-15-6-8-16(9-7-15)25-18-10-5-14(20)13-17(18)22-19(26)21-11-12-23(2)3/h5-10,13H,4,11-12H2,1-3H3,(H2,21,22,26)/p+1. The molecule has 2 rings (SSSR count). The van der Waals surface area contributed by atoms with Crippen LogP contribution in [-0.2, 0) is 0 Å². The lowest BCUT2D eigenvalue weighted by molar-refractivity contribution is -0.856. The minimum absolute atomic E-state index is 0.532.